The van der Waals surface area contributed by atoms with Crippen LogP contribution < -0.4 is 5.73 Å². The summed E-state index contributed by atoms with van der Waals surface area (Å²) in [6.07, 6.45) is -3.77. The topological polar surface area (TPSA) is 26.0 Å². The zero-order chi connectivity index (χ0) is 12.3. The first-order valence-electron chi connectivity index (χ1n) is 5.22. The van der Waals surface area contributed by atoms with Gasteiger partial charge in [-0.3, -0.25) is 0 Å². The molecule has 5 heteroatoms. The average Bonchev–Trinajstić information content (AvgIpc) is 2.15. The van der Waals surface area contributed by atoms with E-state index in [1.165, 1.54) is 6.07 Å². The molecule has 0 aromatic heterocycles. The molecule has 0 bridgehead atoms. The highest BCUT2D eigenvalue weighted by atomic mass is 35.5. The molecule has 0 saturated heterocycles. The van der Waals surface area contributed by atoms with E-state index in [-0.39, 0.29) is 18.0 Å². The zero-order valence-electron chi connectivity index (χ0n) is 9.79. The summed E-state index contributed by atoms with van der Waals surface area (Å²) < 4.78 is 37.6. The Hall–Kier alpha value is -0.740. The minimum Gasteiger partial charge on any atom is -0.316 e. The number of hydrogen-bond donors (Lipinski definition) is 1. The Morgan fingerprint density at radius 3 is 2.18 bits per heavy atom. The van der Waals surface area contributed by atoms with Crippen molar-refractivity contribution in [1.82, 2.24) is 0 Å². The highest BCUT2D eigenvalue weighted by molar-refractivity contribution is 5.85. The summed E-state index contributed by atoms with van der Waals surface area (Å²) in [5.74, 6) is 0.307. The standard InChI is InChI=1S/C12H16F3N.ClH/c1-8(2)7-9-5-3-4-6-10(9)11(16)12(13,14)15;/h3-6,8,11H,7,16H2,1-2H3;1H/t11-;/m0./s1. The van der Waals surface area contributed by atoms with Gasteiger partial charge in [-0.05, 0) is 23.5 Å². The average molecular weight is 268 g/mol. The molecule has 0 radical (unpaired) electrons. The maximum Gasteiger partial charge on any atom is 0.407 e. The molecule has 2 N–H and O–H groups in total. The second kappa shape index (κ2) is 6.26. The van der Waals surface area contributed by atoms with Gasteiger partial charge in [0.2, 0.25) is 0 Å². The Kier molecular flexibility index (Phi) is 5.99. The Bertz CT molecular complexity index is 350. The van der Waals surface area contributed by atoms with Crippen LogP contribution in [-0.4, -0.2) is 6.18 Å². The molecule has 0 aliphatic heterocycles. The van der Waals surface area contributed by atoms with E-state index in [0.29, 0.717) is 17.9 Å². The molecular weight excluding hydrogens is 251 g/mol. The number of benzene rings is 1. The van der Waals surface area contributed by atoms with E-state index in [2.05, 4.69) is 0 Å². The van der Waals surface area contributed by atoms with Gasteiger partial charge in [0.25, 0.3) is 0 Å². The van der Waals surface area contributed by atoms with Crippen molar-refractivity contribution in [3.63, 3.8) is 0 Å². The van der Waals surface area contributed by atoms with E-state index < -0.39 is 12.2 Å². The van der Waals surface area contributed by atoms with Crippen molar-refractivity contribution < 1.29 is 13.2 Å². The molecule has 1 aromatic rings. The van der Waals surface area contributed by atoms with Gasteiger partial charge in [-0.2, -0.15) is 13.2 Å². The molecule has 0 aliphatic carbocycles. The molecule has 1 nitrogen and oxygen atoms in total. The summed E-state index contributed by atoms with van der Waals surface area (Å²) in [4.78, 5) is 0. The van der Waals surface area contributed by atoms with Crippen molar-refractivity contribution >= 4 is 12.4 Å². The summed E-state index contributed by atoms with van der Waals surface area (Å²) in [6, 6.07) is 4.61. The largest absolute Gasteiger partial charge is 0.407 e. The molecule has 0 saturated carbocycles. The molecule has 1 aromatic carbocycles. The Morgan fingerprint density at radius 2 is 1.71 bits per heavy atom. The summed E-state index contributed by atoms with van der Waals surface area (Å²) in [5, 5.41) is 0. The van der Waals surface area contributed by atoms with Crippen molar-refractivity contribution in [2.75, 3.05) is 0 Å². The maximum absolute atomic E-state index is 12.5. The van der Waals surface area contributed by atoms with Gasteiger partial charge < -0.3 is 5.73 Å². The molecule has 17 heavy (non-hydrogen) atoms. The van der Waals surface area contributed by atoms with Gasteiger partial charge in [-0.15, -0.1) is 12.4 Å². The fraction of sp³-hybridized carbons (Fsp3) is 0.500. The first kappa shape index (κ1) is 16.3. The van der Waals surface area contributed by atoms with Gasteiger partial charge in [0.1, 0.15) is 6.04 Å². The molecule has 1 rings (SSSR count). The number of alkyl halides is 3. The van der Waals surface area contributed by atoms with Crippen LogP contribution >= 0.6 is 12.4 Å². The van der Waals surface area contributed by atoms with Crippen molar-refractivity contribution in [3.8, 4) is 0 Å². The lowest BCUT2D eigenvalue weighted by atomic mass is 9.94. The van der Waals surface area contributed by atoms with Crippen LogP contribution in [0.3, 0.4) is 0 Å². The fourth-order valence-electron chi connectivity index (χ4n) is 1.64. The van der Waals surface area contributed by atoms with Crippen molar-refractivity contribution in [2.24, 2.45) is 11.7 Å². The summed E-state index contributed by atoms with van der Waals surface area (Å²) in [6.45, 7) is 3.94. The lowest BCUT2D eigenvalue weighted by molar-refractivity contribution is -0.149. The Balaban J connectivity index is 0.00000256. The minimum atomic E-state index is -4.38. The fourth-order valence-corrected chi connectivity index (χ4v) is 1.64. The molecule has 0 fully saturated rings. The lowest BCUT2D eigenvalue weighted by Gasteiger charge is -2.20. The molecule has 0 unspecified atom stereocenters. The SMILES string of the molecule is CC(C)Cc1ccccc1[C@H](N)C(F)(F)F.Cl. The number of rotatable bonds is 3. The van der Waals surface area contributed by atoms with Gasteiger partial charge in [0, 0.05) is 0 Å². The maximum atomic E-state index is 12.5. The van der Waals surface area contributed by atoms with Crippen LogP contribution in [-0.2, 0) is 6.42 Å². The van der Waals surface area contributed by atoms with Gasteiger partial charge in [-0.1, -0.05) is 38.1 Å². The van der Waals surface area contributed by atoms with E-state index in [1.807, 2.05) is 13.8 Å². The van der Waals surface area contributed by atoms with E-state index in [1.54, 1.807) is 18.2 Å². The van der Waals surface area contributed by atoms with Crippen LogP contribution in [0.5, 0.6) is 0 Å². The second-order valence-corrected chi connectivity index (χ2v) is 4.32. The normalized spacial score (nSPS) is 13.4. The van der Waals surface area contributed by atoms with Crippen LogP contribution in [0.1, 0.15) is 31.0 Å². The Labute approximate surface area is 106 Å². The van der Waals surface area contributed by atoms with Crippen molar-refractivity contribution in [1.29, 1.82) is 0 Å². The smallest absolute Gasteiger partial charge is 0.316 e. The minimum absolute atomic E-state index is 0. The third-order valence-electron chi connectivity index (χ3n) is 2.37. The first-order chi connectivity index (χ1) is 7.32. The van der Waals surface area contributed by atoms with Gasteiger partial charge >= 0.3 is 6.18 Å². The van der Waals surface area contributed by atoms with Gasteiger partial charge in [-0.25, -0.2) is 0 Å². The molecule has 98 valence electrons. The van der Waals surface area contributed by atoms with E-state index >= 15 is 0 Å². The predicted molar refractivity (Wildman–Crippen MR) is 65.2 cm³/mol. The summed E-state index contributed by atoms with van der Waals surface area (Å²) >= 11 is 0. The number of hydrogen-bond acceptors (Lipinski definition) is 1. The monoisotopic (exact) mass is 267 g/mol. The predicted octanol–water partition coefficient (Wildman–Crippen LogP) is 3.87. The third-order valence-corrected chi connectivity index (χ3v) is 2.37. The summed E-state index contributed by atoms with van der Waals surface area (Å²) in [7, 11) is 0. The van der Waals surface area contributed by atoms with Crippen LogP contribution in [0.15, 0.2) is 24.3 Å². The van der Waals surface area contributed by atoms with Crippen LogP contribution in [0.25, 0.3) is 0 Å². The van der Waals surface area contributed by atoms with Crippen molar-refractivity contribution in [3.05, 3.63) is 35.4 Å². The van der Waals surface area contributed by atoms with Crippen LogP contribution in [0.2, 0.25) is 0 Å². The van der Waals surface area contributed by atoms with E-state index in [9.17, 15) is 13.2 Å². The van der Waals surface area contributed by atoms with Crippen molar-refractivity contribution in [2.45, 2.75) is 32.5 Å². The summed E-state index contributed by atoms with van der Waals surface area (Å²) in [5.41, 5.74) is 6.09. The van der Waals surface area contributed by atoms with Gasteiger partial charge in [0.05, 0.1) is 0 Å². The van der Waals surface area contributed by atoms with Gasteiger partial charge in [0.15, 0.2) is 0 Å². The Morgan fingerprint density at radius 1 is 1.18 bits per heavy atom. The molecule has 0 amide bonds. The van der Waals surface area contributed by atoms with E-state index in [4.69, 9.17) is 5.73 Å². The van der Waals surface area contributed by atoms with Crippen LogP contribution in [0.4, 0.5) is 13.2 Å². The molecule has 0 heterocycles. The second-order valence-electron chi connectivity index (χ2n) is 4.32. The highest BCUT2D eigenvalue weighted by Crippen LogP contribution is 2.32. The number of halogens is 4. The first-order valence-corrected chi connectivity index (χ1v) is 5.22. The van der Waals surface area contributed by atoms with E-state index in [0.717, 1.165) is 0 Å². The molecule has 0 spiro atoms. The third kappa shape index (κ3) is 4.56. The van der Waals surface area contributed by atoms with Crippen LogP contribution in [0, 0.1) is 5.92 Å². The quantitative estimate of drug-likeness (QED) is 0.884. The molecule has 0 aliphatic rings. The highest BCUT2D eigenvalue weighted by Gasteiger charge is 2.38. The number of nitrogens with two attached hydrogens (primary N) is 1. The molecule has 1 atom stereocenters. The lowest BCUT2D eigenvalue weighted by Crippen LogP contribution is -2.29. The molecular formula is C12H17ClF3N. The zero-order valence-corrected chi connectivity index (χ0v) is 10.6.